The molecule has 1 aliphatic rings. The SMILES string of the molecule is [B]c1cnn2c(NCC3CCCN(CC(c4ccccc4)c4ccccc4)C3)cc(-c3ccccc3Cl)nc12. The van der Waals surface area contributed by atoms with E-state index in [0.717, 1.165) is 43.3 Å². The average Bonchev–Trinajstić information content (AvgIpc) is 3.36. The molecule has 39 heavy (non-hydrogen) atoms. The average molecular weight is 532 g/mol. The Bertz CT molecular complexity index is 1500. The van der Waals surface area contributed by atoms with Gasteiger partial charge >= 0.3 is 0 Å². The second-order valence-electron chi connectivity index (χ2n) is 10.4. The summed E-state index contributed by atoms with van der Waals surface area (Å²) in [4.78, 5) is 7.40. The van der Waals surface area contributed by atoms with Crippen LogP contribution in [0.2, 0.25) is 5.02 Å². The number of piperidine rings is 1. The molecule has 1 fully saturated rings. The highest BCUT2D eigenvalue weighted by atomic mass is 35.5. The molecule has 7 heteroatoms. The maximum atomic E-state index is 6.50. The minimum absolute atomic E-state index is 0.351. The van der Waals surface area contributed by atoms with E-state index in [2.05, 4.69) is 76.0 Å². The van der Waals surface area contributed by atoms with Gasteiger partial charge in [-0.05, 0) is 48.0 Å². The number of fused-ring (bicyclic) bond motifs is 1. The molecule has 1 aliphatic heterocycles. The maximum Gasteiger partial charge on any atom is 0.150 e. The monoisotopic (exact) mass is 531 g/mol. The van der Waals surface area contributed by atoms with Crippen molar-refractivity contribution in [2.75, 3.05) is 31.5 Å². The smallest absolute Gasteiger partial charge is 0.150 e. The number of rotatable bonds is 8. The van der Waals surface area contributed by atoms with Crippen LogP contribution >= 0.6 is 11.6 Å². The third-order valence-electron chi connectivity index (χ3n) is 7.67. The Morgan fingerprint density at radius 2 is 1.64 bits per heavy atom. The van der Waals surface area contributed by atoms with Crippen molar-refractivity contribution in [3.05, 3.63) is 113 Å². The molecule has 2 radical (unpaired) electrons. The van der Waals surface area contributed by atoms with Gasteiger partial charge in [0.25, 0.3) is 0 Å². The second kappa shape index (κ2) is 11.6. The van der Waals surface area contributed by atoms with Gasteiger partial charge < -0.3 is 10.2 Å². The number of aromatic nitrogens is 3. The molecule has 2 aromatic heterocycles. The van der Waals surface area contributed by atoms with Crippen LogP contribution in [0.15, 0.2) is 97.2 Å². The lowest BCUT2D eigenvalue weighted by Crippen LogP contribution is -2.40. The minimum Gasteiger partial charge on any atom is -0.370 e. The summed E-state index contributed by atoms with van der Waals surface area (Å²) in [5.74, 6) is 1.74. The van der Waals surface area contributed by atoms with Crippen LogP contribution in [0.5, 0.6) is 0 Å². The van der Waals surface area contributed by atoms with Gasteiger partial charge in [0.15, 0.2) is 5.65 Å². The number of benzene rings is 3. The molecule has 1 N–H and O–H groups in total. The summed E-state index contributed by atoms with van der Waals surface area (Å²) in [5.41, 5.74) is 5.57. The zero-order valence-electron chi connectivity index (χ0n) is 21.9. The highest BCUT2D eigenvalue weighted by Crippen LogP contribution is 2.30. The van der Waals surface area contributed by atoms with Gasteiger partial charge in [-0.1, -0.05) is 90.5 Å². The molecule has 0 bridgehead atoms. The van der Waals surface area contributed by atoms with Gasteiger partial charge in [0.1, 0.15) is 13.7 Å². The van der Waals surface area contributed by atoms with Crippen molar-refractivity contribution in [1.82, 2.24) is 19.5 Å². The predicted octanol–water partition coefficient (Wildman–Crippen LogP) is 5.80. The molecule has 1 saturated heterocycles. The number of nitrogens with one attached hydrogen (secondary N) is 1. The molecule has 5 nitrogen and oxygen atoms in total. The van der Waals surface area contributed by atoms with Gasteiger partial charge in [0.05, 0.1) is 5.69 Å². The van der Waals surface area contributed by atoms with Crippen molar-refractivity contribution in [3.8, 4) is 11.3 Å². The third kappa shape index (κ3) is 5.73. The summed E-state index contributed by atoms with van der Waals surface area (Å²) >= 11 is 6.50. The Morgan fingerprint density at radius 3 is 2.36 bits per heavy atom. The second-order valence-corrected chi connectivity index (χ2v) is 10.8. The Balaban J connectivity index is 1.19. The molecule has 1 unspecified atom stereocenters. The first-order valence-corrected chi connectivity index (χ1v) is 14.0. The van der Waals surface area contributed by atoms with Crippen molar-refractivity contribution in [3.63, 3.8) is 0 Å². The Kier molecular flexibility index (Phi) is 7.66. The fourth-order valence-electron chi connectivity index (χ4n) is 5.68. The Hall–Kier alpha value is -3.61. The van der Waals surface area contributed by atoms with Crippen LogP contribution in [0, 0.1) is 5.92 Å². The third-order valence-corrected chi connectivity index (χ3v) is 8.00. The van der Waals surface area contributed by atoms with E-state index in [1.807, 2.05) is 30.3 Å². The molecular weight excluding hydrogens is 501 g/mol. The van der Waals surface area contributed by atoms with Gasteiger partial charge in [-0.25, -0.2) is 4.98 Å². The summed E-state index contributed by atoms with van der Waals surface area (Å²) in [6.07, 6.45) is 4.03. The maximum absolute atomic E-state index is 6.50. The van der Waals surface area contributed by atoms with Crippen LogP contribution < -0.4 is 10.8 Å². The highest BCUT2D eigenvalue weighted by Gasteiger charge is 2.24. The highest BCUT2D eigenvalue weighted by molar-refractivity contribution is 6.36. The van der Waals surface area contributed by atoms with Gasteiger partial charge in [0.2, 0.25) is 0 Å². The van der Waals surface area contributed by atoms with Crippen LogP contribution in [0.25, 0.3) is 16.9 Å². The topological polar surface area (TPSA) is 45.5 Å². The van der Waals surface area contributed by atoms with Crippen molar-refractivity contribution in [2.45, 2.75) is 18.8 Å². The van der Waals surface area contributed by atoms with E-state index in [1.165, 1.54) is 24.0 Å². The van der Waals surface area contributed by atoms with Crippen molar-refractivity contribution in [2.24, 2.45) is 5.92 Å². The first-order chi connectivity index (χ1) is 19.2. The first kappa shape index (κ1) is 25.7. The molecule has 1 atom stereocenters. The quantitative estimate of drug-likeness (QED) is 0.257. The summed E-state index contributed by atoms with van der Waals surface area (Å²) in [5, 5.41) is 8.82. The van der Waals surface area contributed by atoms with E-state index in [9.17, 15) is 0 Å². The van der Waals surface area contributed by atoms with Crippen LogP contribution in [0.4, 0.5) is 5.82 Å². The lowest BCUT2D eigenvalue weighted by molar-refractivity contribution is 0.176. The number of anilines is 1. The van der Waals surface area contributed by atoms with E-state index in [4.69, 9.17) is 24.4 Å². The predicted molar refractivity (Wildman–Crippen MR) is 161 cm³/mol. The fraction of sp³-hybridized carbons (Fsp3) is 0.250. The van der Waals surface area contributed by atoms with Gasteiger partial charge in [-0.2, -0.15) is 9.61 Å². The molecule has 6 rings (SSSR count). The normalized spacial score (nSPS) is 16.1. The van der Waals surface area contributed by atoms with Gasteiger partial charge in [-0.15, -0.1) is 0 Å². The molecule has 5 aromatic rings. The van der Waals surface area contributed by atoms with Crippen molar-refractivity contribution < 1.29 is 0 Å². The summed E-state index contributed by atoms with van der Waals surface area (Å²) in [6.45, 7) is 4.03. The largest absolute Gasteiger partial charge is 0.370 e. The van der Waals surface area contributed by atoms with Gasteiger partial charge in [0, 0.05) is 48.4 Å². The van der Waals surface area contributed by atoms with E-state index in [1.54, 1.807) is 10.7 Å². The molecule has 0 saturated carbocycles. The number of nitrogens with zero attached hydrogens (tertiary/aromatic N) is 4. The standard InChI is InChI=1S/C32H31BClN5/c33-28-20-36-39-31(18-30(37-32(28)39)26-15-7-8-16-29(26)34)35-19-23-10-9-17-38(21-23)22-27(24-11-3-1-4-12-24)25-13-5-2-6-14-25/h1-8,11-16,18,20,23,27,35H,9-10,17,19,21-22H2. The number of halogens is 1. The number of likely N-dealkylation sites (tertiary alicyclic amines) is 1. The van der Waals surface area contributed by atoms with Crippen LogP contribution in [0.3, 0.4) is 0 Å². The lowest BCUT2D eigenvalue weighted by Gasteiger charge is -2.35. The van der Waals surface area contributed by atoms with Crippen LogP contribution in [-0.4, -0.2) is 53.5 Å². The van der Waals surface area contributed by atoms with E-state index in [0.29, 0.717) is 28.0 Å². The zero-order chi connectivity index (χ0) is 26.6. The Morgan fingerprint density at radius 1 is 0.949 bits per heavy atom. The molecule has 0 aliphatic carbocycles. The van der Waals surface area contributed by atoms with Crippen LogP contribution in [0.1, 0.15) is 29.9 Å². The van der Waals surface area contributed by atoms with Crippen molar-refractivity contribution >= 4 is 36.4 Å². The number of hydrogen-bond donors (Lipinski definition) is 1. The summed E-state index contributed by atoms with van der Waals surface area (Å²) < 4.78 is 1.79. The molecule has 194 valence electrons. The zero-order valence-corrected chi connectivity index (χ0v) is 22.6. The van der Waals surface area contributed by atoms with Crippen LogP contribution in [-0.2, 0) is 0 Å². The molecule has 0 amide bonds. The number of hydrogen-bond acceptors (Lipinski definition) is 4. The molecule has 0 spiro atoms. The molecule has 3 aromatic carbocycles. The van der Waals surface area contributed by atoms with E-state index in [-0.39, 0.29) is 0 Å². The van der Waals surface area contributed by atoms with E-state index >= 15 is 0 Å². The Labute approximate surface area is 236 Å². The first-order valence-electron chi connectivity index (χ1n) is 13.6. The summed E-state index contributed by atoms with van der Waals surface area (Å²) in [6, 6.07) is 31.5. The van der Waals surface area contributed by atoms with Crippen molar-refractivity contribution in [1.29, 1.82) is 0 Å². The molecule has 3 heterocycles. The minimum atomic E-state index is 0.351. The summed E-state index contributed by atoms with van der Waals surface area (Å²) in [7, 11) is 6.22. The van der Waals surface area contributed by atoms with E-state index < -0.39 is 0 Å². The fourth-order valence-corrected chi connectivity index (χ4v) is 5.91. The van der Waals surface area contributed by atoms with Gasteiger partial charge in [-0.3, -0.25) is 0 Å². The lowest BCUT2D eigenvalue weighted by atomic mass is 9.89. The molecular formula is C32H31BClN5.